The van der Waals surface area contributed by atoms with Crippen molar-refractivity contribution in [3.8, 4) is 0 Å². The highest BCUT2D eigenvalue weighted by Gasteiger charge is 2.12. The lowest BCUT2D eigenvalue weighted by Gasteiger charge is -2.11. The molecule has 19 heavy (non-hydrogen) atoms. The lowest BCUT2D eigenvalue weighted by Crippen LogP contribution is -2.25. The number of nitrogens with zero attached hydrogens (tertiary/aromatic N) is 2. The quantitative estimate of drug-likeness (QED) is 0.938. The molecule has 0 amide bonds. The number of aromatic nitrogens is 2. The highest BCUT2D eigenvalue weighted by molar-refractivity contribution is 9.10. The van der Waals surface area contributed by atoms with Gasteiger partial charge < -0.3 is 5.11 Å². The first-order valence-corrected chi connectivity index (χ1v) is 6.33. The summed E-state index contributed by atoms with van der Waals surface area (Å²) in [4.78, 5) is 27.2. The van der Waals surface area contributed by atoms with Crippen molar-refractivity contribution in [2.24, 2.45) is 0 Å². The van der Waals surface area contributed by atoms with Crippen LogP contribution in [0.25, 0.3) is 0 Å². The predicted octanol–water partition coefficient (Wildman–Crippen LogP) is 2.06. The van der Waals surface area contributed by atoms with Crippen LogP contribution in [0.5, 0.6) is 0 Å². The van der Waals surface area contributed by atoms with E-state index in [9.17, 15) is 9.59 Å². The topological polar surface area (TPSA) is 72.2 Å². The van der Waals surface area contributed by atoms with Gasteiger partial charge in [-0.3, -0.25) is 9.36 Å². The van der Waals surface area contributed by atoms with Crippen molar-refractivity contribution in [3.05, 3.63) is 62.2 Å². The van der Waals surface area contributed by atoms with Gasteiger partial charge in [-0.05, 0) is 34.5 Å². The molecule has 2 rings (SSSR count). The van der Waals surface area contributed by atoms with Crippen LogP contribution in [0.15, 0.2) is 39.7 Å². The van der Waals surface area contributed by atoms with Crippen LogP contribution >= 0.6 is 15.9 Å². The number of carboxylic acid groups (broad SMARTS) is 1. The number of hydrogen-bond acceptors (Lipinski definition) is 3. The molecule has 0 radical (unpaired) electrons. The summed E-state index contributed by atoms with van der Waals surface area (Å²) in [6.07, 6.45) is 1.44. The summed E-state index contributed by atoms with van der Waals surface area (Å²) in [6.45, 7) is 1.89. The van der Waals surface area contributed by atoms with Crippen LogP contribution in [0.3, 0.4) is 0 Å². The summed E-state index contributed by atoms with van der Waals surface area (Å²) in [7, 11) is 0. The van der Waals surface area contributed by atoms with Crippen molar-refractivity contribution in [2.75, 3.05) is 0 Å². The third-order valence-corrected chi connectivity index (χ3v) is 3.32. The molecule has 1 heterocycles. The SMILES string of the molecule is Cc1ncc(Br)c(=O)n1Cc1ccccc1C(=O)O. The van der Waals surface area contributed by atoms with Gasteiger partial charge in [0.1, 0.15) is 10.3 Å². The Morgan fingerprint density at radius 3 is 2.79 bits per heavy atom. The fourth-order valence-corrected chi connectivity index (χ4v) is 2.09. The number of hydrogen-bond donors (Lipinski definition) is 1. The fourth-order valence-electron chi connectivity index (χ4n) is 1.77. The summed E-state index contributed by atoms with van der Waals surface area (Å²) in [6, 6.07) is 6.61. The summed E-state index contributed by atoms with van der Waals surface area (Å²) in [5, 5.41) is 9.12. The Morgan fingerprint density at radius 1 is 1.42 bits per heavy atom. The number of rotatable bonds is 3. The van der Waals surface area contributed by atoms with Crippen molar-refractivity contribution < 1.29 is 9.90 Å². The Kier molecular flexibility index (Phi) is 3.80. The maximum absolute atomic E-state index is 12.0. The highest BCUT2D eigenvalue weighted by atomic mass is 79.9. The van der Waals surface area contributed by atoms with Gasteiger partial charge in [-0.25, -0.2) is 9.78 Å². The van der Waals surface area contributed by atoms with E-state index in [1.54, 1.807) is 25.1 Å². The van der Waals surface area contributed by atoms with Gasteiger partial charge in [0, 0.05) is 6.20 Å². The zero-order valence-corrected chi connectivity index (χ0v) is 11.7. The highest BCUT2D eigenvalue weighted by Crippen LogP contribution is 2.11. The van der Waals surface area contributed by atoms with Crippen LogP contribution in [0.1, 0.15) is 21.7 Å². The molecule has 0 aliphatic carbocycles. The van der Waals surface area contributed by atoms with Crippen molar-refractivity contribution in [2.45, 2.75) is 13.5 Å². The molecule has 98 valence electrons. The number of aryl methyl sites for hydroxylation is 1. The van der Waals surface area contributed by atoms with E-state index in [0.29, 0.717) is 15.9 Å². The van der Waals surface area contributed by atoms with Crippen LogP contribution in [0, 0.1) is 6.92 Å². The first kappa shape index (κ1) is 13.5. The number of halogens is 1. The number of aromatic carboxylic acids is 1. The molecule has 0 bridgehead atoms. The Hall–Kier alpha value is -1.95. The summed E-state index contributed by atoms with van der Waals surface area (Å²) in [5.74, 6) is -0.474. The van der Waals surface area contributed by atoms with Crippen molar-refractivity contribution in [1.29, 1.82) is 0 Å². The third-order valence-electron chi connectivity index (χ3n) is 2.78. The second-order valence-corrected chi connectivity index (χ2v) is 4.86. The Labute approximate surface area is 117 Å². The van der Waals surface area contributed by atoms with Gasteiger partial charge in [0.05, 0.1) is 12.1 Å². The zero-order chi connectivity index (χ0) is 14.0. The van der Waals surface area contributed by atoms with Crippen LogP contribution in [-0.4, -0.2) is 20.6 Å². The second-order valence-electron chi connectivity index (χ2n) is 4.01. The molecule has 1 N–H and O–H groups in total. The van der Waals surface area contributed by atoms with E-state index < -0.39 is 5.97 Å². The molecule has 0 unspecified atom stereocenters. The van der Waals surface area contributed by atoms with E-state index in [-0.39, 0.29) is 17.7 Å². The van der Waals surface area contributed by atoms with Crippen LogP contribution in [0.4, 0.5) is 0 Å². The first-order chi connectivity index (χ1) is 9.00. The Balaban J connectivity index is 2.51. The molecule has 0 fully saturated rings. The summed E-state index contributed by atoms with van der Waals surface area (Å²) < 4.78 is 1.79. The van der Waals surface area contributed by atoms with Gasteiger partial charge >= 0.3 is 5.97 Å². The molecule has 0 spiro atoms. The molecular formula is C13H11BrN2O3. The summed E-state index contributed by atoms with van der Waals surface area (Å²) in [5.41, 5.74) is 0.529. The minimum Gasteiger partial charge on any atom is -0.478 e. The summed E-state index contributed by atoms with van der Waals surface area (Å²) >= 11 is 3.13. The van der Waals surface area contributed by atoms with Gasteiger partial charge in [0.25, 0.3) is 5.56 Å². The minimum absolute atomic E-state index is 0.180. The smallest absolute Gasteiger partial charge is 0.336 e. The largest absolute Gasteiger partial charge is 0.478 e. The molecule has 0 saturated heterocycles. The van der Waals surface area contributed by atoms with E-state index in [2.05, 4.69) is 20.9 Å². The molecule has 1 aromatic heterocycles. The van der Waals surface area contributed by atoms with Crippen molar-refractivity contribution in [1.82, 2.24) is 9.55 Å². The molecule has 2 aromatic rings. The molecule has 0 atom stereocenters. The maximum Gasteiger partial charge on any atom is 0.336 e. The number of carboxylic acids is 1. The van der Waals surface area contributed by atoms with E-state index in [0.717, 1.165) is 0 Å². The normalized spacial score (nSPS) is 10.4. The molecule has 1 aromatic carbocycles. The molecule has 0 aliphatic rings. The lowest BCUT2D eigenvalue weighted by atomic mass is 10.1. The maximum atomic E-state index is 12.0. The first-order valence-electron chi connectivity index (χ1n) is 5.54. The van der Waals surface area contributed by atoms with Gasteiger partial charge in [-0.2, -0.15) is 0 Å². The lowest BCUT2D eigenvalue weighted by molar-refractivity contribution is 0.0695. The van der Waals surface area contributed by atoms with Crippen molar-refractivity contribution in [3.63, 3.8) is 0 Å². The monoisotopic (exact) mass is 322 g/mol. The molecule has 0 aliphatic heterocycles. The Morgan fingerprint density at radius 2 is 2.11 bits per heavy atom. The van der Waals surface area contributed by atoms with Crippen LogP contribution < -0.4 is 5.56 Å². The minimum atomic E-state index is -1.01. The third kappa shape index (κ3) is 2.73. The molecule has 0 saturated carbocycles. The van der Waals surface area contributed by atoms with E-state index >= 15 is 0 Å². The van der Waals surface area contributed by atoms with Crippen LogP contribution in [0.2, 0.25) is 0 Å². The van der Waals surface area contributed by atoms with Gasteiger partial charge in [0.2, 0.25) is 0 Å². The van der Waals surface area contributed by atoms with Crippen molar-refractivity contribution >= 4 is 21.9 Å². The van der Waals surface area contributed by atoms with Gasteiger partial charge in [0.15, 0.2) is 0 Å². The standard InChI is InChI=1S/C13H11BrN2O3/c1-8-15-6-11(14)12(17)16(8)7-9-4-2-3-5-10(9)13(18)19/h2-6H,7H2,1H3,(H,18,19). The molecule has 5 nitrogen and oxygen atoms in total. The Bertz CT molecular complexity index is 695. The number of carbonyl (C=O) groups is 1. The predicted molar refractivity (Wildman–Crippen MR) is 73.4 cm³/mol. The van der Waals surface area contributed by atoms with E-state index in [1.807, 2.05) is 0 Å². The van der Waals surface area contributed by atoms with Crippen LogP contribution in [-0.2, 0) is 6.54 Å². The van der Waals surface area contributed by atoms with Gasteiger partial charge in [-0.1, -0.05) is 18.2 Å². The van der Waals surface area contributed by atoms with Gasteiger partial charge in [-0.15, -0.1) is 0 Å². The zero-order valence-electron chi connectivity index (χ0n) is 10.1. The van der Waals surface area contributed by atoms with E-state index in [1.165, 1.54) is 16.8 Å². The molecule has 6 heteroatoms. The van der Waals surface area contributed by atoms with E-state index in [4.69, 9.17) is 5.11 Å². The fraction of sp³-hybridized carbons (Fsp3) is 0.154. The average Bonchev–Trinajstić information content (AvgIpc) is 2.39. The second kappa shape index (κ2) is 5.36. The number of benzene rings is 1. The average molecular weight is 323 g/mol. The molecular weight excluding hydrogens is 312 g/mol.